The third-order valence-electron chi connectivity index (χ3n) is 4.62. The molecule has 0 aromatic rings. The van der Waals surface area contributed by atoms with Crippen LogP contribution in [0.25, 0.3) is 0 Å². The van der Waals surface area contributed by atoms with Gasteiger partial charge < -0.3 is 12.7 Å². The maximum absolute atomic E-state index is 13.3. The number of alkyl halides is 9. The van der Waals surface area contributed by atoms with Crippen molar-refractivity contribution in [1.29, 1.82) is 0 Å². The van der Waals surface area contributed by atoms with E-state index >= 15 is 0 Å². The van der Waals surface area contributed by atoms with E-state index in [1.54, 1.807) is 0 Å². The van der Waals surface area contributed by atoms with Crippen LogP contribution >= 0.6 is 0 Å². The molecule has 1 aliphatic rings. The van der Waals surface area contributed by atoms with Crippen LogP contribution in [0.4, 0.5) is 39.5 Å². The maximum Gasteiger partial charge on any atom is 0.469 e. The lowest BCUT2D eigenvalue weighted by Crippen LogP contribution is -2.93. The average molecular weight is 508 g/mol. The van der Waals surface area contributed by atoms with Gasteiger partial charge in [0, 0.05) is 0 Å². The molecule has 0 aromatic heterocycles. The van der Waals surface area contributed by atoms with E-state index in [0.717, 1.165) is 39.3 Å². The van der Waals surface area contributed by atoms with Crippen molar-refractivity contribution in [2.24, 2.45) is 0 Å². The number of hydrogen-bond donors (Lipinski definition) is 0. The highest BCUT2D eigenvalue weighted by Gasteiger charge is 2.72. The molecule has 0 spiro atoms. The molecule has 1 aliphatic heterocycles. The number of rotatable bonds is 0. The van der Waals surface area contributed by atoms with Crippen molar-refractivity contribution in [3.8, 4) is 0 Å². The van der Waals surface area contributed by atoms with Crippen LogP contribution in [0.2, 0.25) is 39.3 Å². The number of carbonyl (C=O) groups excluding carboxylic acids is 3. The quantitative estimate of drug-likeness (QED) is 0.374. The topological polar surface area (TPSA) is 60.9 Å². The van der Waals surface area contributed by atoms with Crippen molar-refractivity contribution in [1.82, 2.24) is 12.7 Å². The summed E-state index contributed by atoms with van der Waals surface area (Å²) in [6.45, 7) is 5.00. The molecule has 0 radical (unpaired) electrons. The second-order valence-corrected chi connectivity index (χ2v) is 20.9. The molecule has 0 bridgehead atoms. The van der Waals surface area contributed by atoms with E-state index in [0.29, 0.717) is 0 Å². The summed E-state index contributed by atoms with van der Waals surface area (Å²) < 4.78 is 119. The van der Waals surface area contributed by atoms with Gasteiger partial charge in [-0.05, 0) is 39.3 Å². The number of nitrogens with zero attached hydrogens (tertiary/aromatic N) is 3. The number of carbonyl (C=O) groups is 3. The van der Waals surface area contributed by atoms with E-state index in [4.69, 9.17) is 0 Å². The number of halogens is 9. The Balaban J connectivity index is 4.01. The predicted octanol–water partition coefficient (Wildman–Crippen LogP) is 3.28. The van der Waals surface area contributed by atoms with Crippen molar-refractivity contribution >= 4 is 42.9 Å². The molecular weight excluding hydrogens is 489 g/mol. The molecule has 0 unspecified atom stereocenters. The Bertz CT molecular complexity index is 644. The summed E-state index contributed by atoms with van der Waals surface area (Å²) in [5.74, 6) is -8.08. The number of amides is 3. The van der Waals surface area contributed by atoms with Crippen molar-refractivity contribution in [2.75, 3.05) is 0 Å². The zero-order valence-electron chi connectivity index (χ0n) is 16.5. The molecule has 0 saturated carbocycles. The van der Waals surface area contributed by atoms with Gasteiger partial charge in [0.1, 0.15) is 0 Å². The lowest BCUT2D eigenvalue weighted by Gasteiger charge is -2.66. The zero-order chi connectivity index (χ0) is 24.5. The molecule has 0 aromatic carbocycles. The van der Waals surface area contributed by atoms with Crippen LogP contribution in [0.5, 0.6) is 0 Å². The summed E-state index contributed by atoms with van der Waals surface area (Å²) in [6, 6.07) is 0. The van der Waals surface area contributed by atoms with Crippen LogP contribution in [0.3, 0.4) is 0 Å². The summed E-state index contributed by atoms with van der Waals surface area (Å²) in [5, 5.41) is 0. The lowest BCUT2D eigenvalue weighted by atomic mass is 10.6. The van der Waals surface area contributed by atoms with Gasteiger partial charge in [0.15, 0.2) is 0 Å². The SMILES string of the molecule is C[Si]1(C)N(C(=O)C(F)(F)F)[Si](C)(C)N(C(=O)C(F)(F)F)[Si](C)(C)N1C(=O)C(F)(F)F. The van der Waals surface area contributed by atoms with Gasteiger partial charge in [-0.2, -0.15) is 39.5 Å². The molecule has 1 fully saturated rings. The highest BCUT2D eigenvalue weighted by Crippen LogP contribution is 2.44. The van der Waals surface area contributed by atoms with Gasteiger partial charge in [0.05, 0.1) is 0 Å². The summed E-state index contributed by atoms with van der Waals surface area (Å²) in [7, 11) is -13.6. The monoisotopic (exact) mass is 507 g/mol. The second kappa shape index (κ2) is 6.97. The molecule has 3 amide bonds. The Morgan fingerprint density at radius 1 is 0.467 bits per heavy atom. The van der Waals surface area contributed by atoms with Crippen LogP contribution in [0.15, 0.2) is 0 Å². The van der Waals surface area contributed by atoms with Crippen LogP contribution in [-0.4, -0.2) is 74.1 Å². The smallest absolute Gasteiger partial charge is 0.355 e. The van der Waals surface area contributed by atoms with Crippen LogP contribution in [-0.2, 0) is 14.4 Å². The van der Waals surface area contributed by atoms with E-state index in [1.165, 1.54) is 0 Å². The minimum absolute atomic E-state index is 0.0778. The third kappa shape index (κ3) is 4.12. The summed E-state index contributed by atoms with van der Waals surface area (Å²) in [4.78, 5) is 36.4. The molecule has 6 nitrogen and oxygen atoms in total. The van der Waals surface area contributed by atoms with Crippen molar-refractivity contribution in [3.63, 3.8) is 0 Å². The van der Waals surface area contributed by atoms with E-state index in [2.05, 4.69) is 0 Å². The first-order valence-corrected chi connectivity index (χ1v) is 16.8. The first-order chi connectivity index (χ1) is 12.8. The molecule has 0 N–H and O–H groups in total. The van der Waals surface area contributed by atoms with Gasteiger partial charge in [-0.1, -0.05) is 0 Å². The molecule has 1 rings (SSSR count). The zero-order valence-corrected chi connectivity index (χ0v) is 19.5. The van der Waals surface area contributed by atoms with Gasteiger partial charge in [0.25, 0.3) is 0 Å². The molecule has 1 heterocycles. The summed E-state index contributed by atoms with van der Waals surface area (Å²) >= 11 is 0. The third-order valence-corrected chi connectivity index (χ3v) is 22.3. The largest absolute Gasteiger partial charge is 0.469 e. The fraction of sp³-hybridized carbons (Fsp3) is 0.750. The van der Waals surface area contributed by atoms with Crippen molar-refractivity contribution < 1.29 is 53.9 Å². The van der Waals surface area contributed by atoms with E-state index in [-0.39, 0.29) is 12.7 Å². The first kappa shape index (κ1) is 26.5. The normalized spacial score (nSPS) is 21.5. The van der Waals surface area contributed by atoms with Gasteiger partial charge in [-0.25, -0.2) is 0 Å². The Morgan fingerprint density at radius 3 is 0.700 bits per heavy atom. The van der Waals surface area contributed by atoms with E-state index < -0.39 is 61.4 Å². The maximum atomic E-state index is 13.3. The first-order valence-electron chi connectivity index (χ1n) is 8.08. The van der Waals surface area contributed by atoms with Crippen LogP contribution in [0.1, 0.15) is 0 Å². The fourth-order valence-corrected chi connectivity index (χ4v) is 27.3. The standard InChI is InChI=1S/C12H18F9N3O3Si3/c1-28(2)22(7(25)10(13,14)15)29(3,4)24(9(27)12(19,20)21)30(5,6)23(28)8(26)11(16,17)18/h1-6H3. The average Bonchev–Trinajstić information content (AvgIpc) is 2.40. The van der Waals surface area contributed by atoms with Crippen molar-refractivity contribution in [2.45, 2.75) is 57.8 Å². The molecule has 0 atom stereocenters. The van der Waals surface area contributed by atoms with Crippen LogP contribution < -0.4 is 0 Å². The molecule has 18 heteroatoms. The van der Waals surface area contributed by atoms with Gasteiger partial charge in [-0.15, -0.1) is 0 Å². The molecule has 174 valence electrons. The van der Waals surface area contributed by atoms with E-state index in [1.807, 2.05) is 0 Å². The van der Waals surface area contributed by atoms with Gasteiger partial charge >= 0.3 is 36.3 Å². The Hall–Kier alpha value is -1.57. The minimum Gasteiger partial charge on any atom is -0.355 e. The summed E-state index contributed by atoms with van der Waals surface area (Å²) in [5.41, 5.74) is 0. The molecular formula is C12H18F9N3O3Si3. The minimum atomic E-state index is -5.66. The number of hydrogen-bond acceptors (Lipinski definition) is 3. The highest BCUT2D eigenvalue weighted by atomic mass is 28.5. The van der Waals surface area contributed by atoms with Gasteiger partial charge in [0.2, 0.25) is 25.2 Å². The Kier molecular flexibility index (Phi) is 6.15. The Morgan fingerprint density at radius 2 is 0.600 bits per heavy atom. The molecule has 1 saturated heterocycles. The van der Waals surface area contributed by atoms with Crippen LogP contribution in [0, 0.1) is 0 Å². The predicted molar refractivity (Wildman–Crippen MR) is 91.1 cm³/mol. The van der Waals surface area contributed by atoms with E-state index in [9.17, 15) is 53.9 Å². The molecule has 0 aliphatic carbocycles. The molecule has 30 heavy (non-hydrogen) atoms. The van der Waals surface area contributed by atoms with Gasteiger partial charge in [-0.3, -0.25) is 14.4 Å². The highest BCUT2D eigenvalue weighted by molar-refractivity contribution is 7.08. The van der Waals surface area contributed by atoms with Crippen molar-refractivity contribution in [3.05, 3.63) is 0 Å². The second-order valence-electron chi connectivity index (χ2n) is 7.90. The summed E-state index contributed by atoms with van der Waals surface area (Å²) in [6.07, 6.45) is -17.0. The Labute approximate surface area is 168 Å². The lowest BCUT2D eigenvalue weighted by molar-refractivity contribution is -0.184. The fourth-order valence-electron chi connectivity index (χ4n) is 4.18.